The van der Waals surface area contributed by atoms with E-state index in [4.69, 9.17) is 0 Å². The van der Waals surface area contributed by atoms with Crippen molar-refractivity contribution < 1.29 is 14.4 Å². The molecule has 1 amide bonds. The number of likely N-dealkylation sites (N-methyl/N-ethyl adjacent to an activating group) is 1. The van der Waals surface area contributed by atoms with E-state index in [0.717, 1.165) is 38.3 Å². The molecule has 0 spiro atoms. The fraction of sp³-hybridized carbons (Fsp3) is 0.259. The molecule has 4 aromatic rings. The zero-order valence-corrected chi connectivity index (χ0v) is 20.8. The number of hydrogen-bond acceptors (Lipinski definition) is 7. The Bertz CT molecular complexity index is 1430. The zero-order valence-electron chi connectivity index (χ0n) is 20.8. The number of aryl methyl sites for hydroxylation is 1. The Balaban J connectivity index is 1.28. The molecule has 5 rings (SSSR count). The highest BCUT2D eigenvalue weighted by molar-refractivity contribution is 6.04. The van der Waals surface area contributed by atoms with Gasteiger partial charge in [-0.3, -0.25) is 9.69 Å². The maximum absolute atomic E-state index is 12.9. The van der Waals surface area contributed by atoms with Crippen LogP contribution in [0.4, 0.5) is 17.3 Å². The molecule has 10 heteroatoms. The number of piperazine rings is 1. The van der Waals surface area contributed by atoms with Crippen LogP contribution >= 0.6 is 0 Å². The third-order valence-electron chi connectivity index (χ3n) is 6.64. The lowest BCUT2D eigenvalue weighted by Gasteiger charge is -2.32. The van der Waals surface area contributed by atoms with E-state index in [1.807, 2.05) is 37.3 Å². The van der Waals surface area contributed by atoms with Crippen LogP contribution < -0.4 is 20.2 Å². The predicted molar refractivity (Wildman–Crippen MR) is 141 cm³/mol. The average Bonchev–Trinajstić information content (AvgIpc) is 2.91. The Morgan fingerprint density at radius 2 is 1.68 bits per heavy atom. The Kier molecular flexibility index (Phi) is 6.85. The first-order valence-corrected chi connectivity index (χ1v) is 12.2. The van der Waals surface area contributed by atoms with Gasteiger partial charge in [-0.15, -0.1) is 0 Å². The Morgan fingerprint density at radius 3 is 2.41 bits per heavy atom. The van der Waals surface area contributed by atoms with E-state index >= 15 is 0 Å². The lowest BCUT2D eigenvalue weighted by atomic mass is 10.1. The van der Waals surface area contributed by atoms with E-state index < -0.39 is 0 Å². The molecule has 1 aliphatic rings. The van der Waals surface area contributed by atoms with Crippen molar-refractivity contribution in [2.45, 2.75) is 13.5 Å². The van der Waals surface area contributed by atoms with E-state index in [2.05, 4.69) is 32.6 Å². The maximum Gasteiger partial charge on any atom is 0.465 e. The lowest BCUT2D eigenvalue weighted by molar-refractivity contribution is -0.672. The van der Waals surface area contributed by atoms with Crippen molar-refractivity contribution in [2.75, 3.05) is 43.9 Å². The summed E-state index contributed by atoms with van der Waals surface area (Å²) in [6, 6.07) is 19.4. The van der Waals surface area contributed by atoms with Crippen molar-refractivity contribution in [3.8, 4) is 0 Å². The van der Waals surface area contributed by atoms with Crippen LogP contribution in [0.25, 0.3) is 11.0 Å². The third kappa shape index (κ3) is 5.45. The number of rotatable bonds is 6. The number of fused-ring (bicyclic) bond motifs is 1. The molecule has 1 saturated heterocycles. The lowest BCUT2D eigenvalue weighted by Crippen LogP contribution is -2.43. The van der Waals surface area contributed by atoms with Crippen molar-refractivity contribution >= 4 is 34.3 Å². The number of carbonyl (C=O) groups is 1. The summed E-state index contributed by atoms with van der Waals surface area (Å²) < 4.78 is 0.581. The smallest absolute Gasteiger partial charge is 0.465 e. The number of anilines is 3. The summed E-state index contributed by atoms with van der Waals surface area (Å²) in [6.45, 7) is 6.94. The second kappa shape index (κ2) is 10.4. The second-order valence-corrected chi connectivity index (χ2v) is 9.36. The fourth-order valence-electron chi connectivity index (χ4n) is 4.35. The van der Waals surface area contributed by atoms with E-state index in [9.17, 15) is 15.2 Å². The number of para-hydroxylation sites is 2. The molecule has 3 aromatic carbocycles. The topological polar surface area (TPSA) is 114 Å². The molecule has 0 atom stereocenters. The Labute approximate surface area is 214 Å². The van der Waals surface area contributed by atoms with Crippen LogP contribution in [0.15, 0.2) is 66.7 Å². The van der Waals surface area contributed by atoms with Gasteiger partial charge in [0.05, 0.1) is 0 Å². The molecule has 1 fully saturated rings. The average molecular weight is 500 g/mol. The monoisotopic (exact) mass is 499 g/mol. The molecule has 10 nitrogen and oxygen atoms in total. The molecule has 37 heavy (non-hydrogen) atoms. The van der Waals surface area contributed by atoms with Gasteiger partial charge in [0.2, 0.25) is 5.10 Å². The number of nitrogens with zero attached hydrogens (tertiary/aromatic N) is 5. The molecular formula is C27H29N7O3. The highest BCUT2D eigenvalue weighted by Gasteiger charge is 2.21. The van der Waals surface area contributed by atoms with Gasteiger partial charge in [-0.05, 0) is 49.4 Å². The summed E-state index contributed by atoms with van der Waals surface area (Å²) in [7, 11) is 2.14. The number of aromatic nitrogens is 3. The van der Waals surface area contributed by atoms with Gasteiger partial charge < -0.3 is 20.6 Å². The summed E-state index contributed by atoms with van der Waals surface area (Å²) in [5.74, 6) is -0.391. The van der Waals surface area contributed by atoms with Crippen molar-refractivity contribution in [1.82, 2.24) is 14.9 Å². The van der Waals surface area contributed by atoms with Gasteiger partial charge in [-0.1, -0.05) is 30.3 Å². The Hall–Kier alpha value is -4.28. The number of benzene rings is 3. The molecule has 0 saturated carbocycles. The predicted octanol–water partition coefficient (Wildman–Crippen LogP) is 2.55. The zero-order chi connectivity index (χ0) is 25.9. The van der Waals surface area contributed by atoms with Crippen molar-refractivity contribution in [3.05, 3.63) is 93.8 Å². The van der Waals surface area contributed by atoms with Gasteiger partial charge in [-0.25, -0.2) is 10.0 Å². The molecule has 2 heterocycles. The molecule has 2 N–H and O–H groups in total. The van der Waals surface area contributed by atoms with Gasteiger partial charge in [0.25, 0.3) is 11.4 Å². The number of hydrogen-bond donors (Lipinski definition) is 2. The first-order valence-electron chi connectivity index (χ1n) is 12.2. The summed E-state index contributed by atoms with van der Waals surface area (Å²) in [4.78, 5) is 18.1. The largest absolute Gasteiger partial charge is 0.739 e. The number of carbonyl (C=O) groups excluding carboxylic acids is 1. The van der Waals surface area contributed by atoms with Gasteiger partial charge >= 0.3 is 5.95 Å². The van der Waals surface area contributed by atoms with Crippen molar-refractivity contribution in [1.29, 1.82) is 0 Å². The van der Waals surface area contributed by atoms with Gasteiger partial charge in [-0.2, -0.15) is 0 Å². The number of nitrogens with one attached hydrogen (secondary N) is 2. The molecule has 190 valence electrons. The first kappa shape index (κ1) is 24.4. The molecule has 0 unspecified atom stereocenters. The third-order valence-corrected chi connectivity index (χ3v) is 6.64. The van der Waals surface area contributed by atoms with Crippen molar-refractivity contribution in [2.24, 2.45) is 0 Å². The fourth-order valence-corrected chi connectivity index (χ4v) is 4.35. The number of amides is 1. The van der Waals surface area contributed by atoms with E-state index in [1.165, 1.54) is 11.6 Å². The normalized spacial score (nSPS) is 14.5. The Morgan fingerprint density at radius 1 is 0.973 bits per heavy atom. The standard InChI is InChI=1S/C27H29N7O3/c1-19-7-12-22(17-23(19)29-27-30-34(37)25-6-4-3-5-24(25)33(27)36)28-26(35)21-10-8-20(9-11-21)18-32-15-13-31(2)14-16-32/h3-12,17H,13-16,18H2,1-2H3,(H,28,35)(H,29,30). The highest BCUT2D eigenvalue weighted by atomic mass is 16.5. The van der Waals surface area contributed by atoms with Gasteiger partial charge in [0, 0.05) is 61.0 Å². The van der Waals surface area contributed by atoms with Crippen LogP contribution in [0.3, 0.4) is 0 Å². The van der Waals surface area contributed by atoms with Gasteiger partial charge in [0.15, 0.2) is 5.52 Å². The van der Waals surface area contributed by atoms with E-state index in [-0.39, 0.29) is 22.9 Å². The molecule has 0 bridgehead atoms. The molecule has 1 aromatic heterocycles. The minimum Gasteiger partial charge on any atom is -0.739 e. The van der Waals surface area contributed by atoms with Crippen LogP contribution in [-0.2, 0) is 6.54 Å². The molecular weight excluding hydrogens is 470 g/mol. The molecule has 1 aliphatic heterocycles. The second-order valence-electron chi connectivity index (χ2n) is 9.36. The van der Waals surface area contributed by atoms with Crippen LogP contribution in [0.1, 0.15) is 21.5 Å². The van der Waals surface area contributed by atoms with E-state index in [0.29, 0.717) is 26.5 Å². The quantitative estimate of drug-likeness (QED) is 0.310. The first-order chi connectivity index (χ1) is 17.9. The maximum atomic E-state index is 12.9. The van der Waals surface area contributed by atoms with Crippen molar-refractivity contribution in [3.63, 3.8) is 0 Å². The molecule has 0 aliphatic carbocycles. The highest BCUT2D eigenvalue weighted by Crippen LogP contribution is 2.23. The van der Waals surface area contributed by atoms with Crippen LogP contribution in [-0.4, -0.2) is 54.0 Å². The SMILES string of the molecule is Cc1ccc(NC(=O)c2ccc(CN3CCN(C)CC3)cc2)cc1Nc1n[n+]([O-])c2ccccc2[n+]1[O-]. The van der Waals surface area contributed by atoms with E-state index in [1.54, 1.807) is 30.3 Å². The van der Waals surface area contributed by atoms with Crippen LogP contribution in [0.2, 0.25) is 0 Å². The van der Waals surface area contributed by atoms with Crippen LogP contribution in [0.5, 0.6) is 0 Å². The summed E-state index contributed by atoms with van der Waals surface area (Å²) >= 11 is 0. The van der Waals surface area contributed by atoms with Gasteiger partial charge in [0.1, 0.15) is 5.69 Å². The summed E-state index contributed by atoms with van der Waals surface area (Å²) in [5.41, 5.74) is 4.02. The minimum atomic E-state index is -0.235. The summed E-state index contributed by atoms with van der Waals surface area (Å²) in [5, 5.41) is 34.8. The van der Waals surface area contributed by atoms with Crippen LogP contribution in [0, 0.1) is 17.3 Å². The summed E-state index contributed by atoms with van der Waals surface area (Å²) in [6.07, 6.45) is 0. The minimum absolute atomic E-state index is 0.156. The molecule has 0 radical (unpaired) electrons.